The summed E-state index contributed by atoms with van der Waals surface area (Å²) in [5.74, 6) is -0.610. The quantitative estimate of drug-likeness (QED) is 0.359. The SMILES string of the molecule is CC(C)[Si]1(C(C)C)OC[C@H]2OC(n3ccc(=O)[nH]c3=O)=C(OC(=O)c3ccccc3)[C@@H]2O[Si](C(C)C)(C(C)C)O1. The predicted octanol–water partition coefficient (Wildman–Crippen LogP) is 4.87. The second-order valence-corrected chi connectivity index (χ2v) is 20.4. The second-order valence-electron chi connectivity index (χ2n) is 11.6. The Morgan fingerprint density at radius 3 is 2.08 bits per heavy atom. The van der Waals surface area contributed by atoms with E-state index in [2.05, 4.69) is 60.4 Å². The van der Waals surface area contributed by atoms with Gasteiger partial charge in [-0.3, -0.25) is 9.78 Å². The summed E-state index contributed by atoms with van der Waals surface area (Å²) in [4.78, 5) is 40.2. The minimum absolute atomic E-state index is 0.0187. The second kappa shape index (κ2) is 11.6. The molecule has 0 spiro atoms. The Kier molecular flexibility index (Phi) is 8.76. The minimum atomic E-state index is -3.11. The minimum Gasteiger partial charge on any atom is -0.467 e. The van der Waals surface area contributed by atoms with Gasteiger partial charge in [0.1, 0.15) is 0 Å². The molecule has 1 fully saturated rings. The molecule has 12 heteroatoms. The molecule has 1 aromatic heterocycles. The zero-order chi connectivity index (χ0) is 29.4. The first-order valence-corrected chi connectivity index (χ1v) is 17.8. The number of aromatic nitrogens is 2. The fourth-order valence-corrected chi connectivity index (χ4v) is 16.7. The number of carbonyl (C=O) groups excluding carboxylic acids is 1. The van der Waals surface area contributed by atoms with Crippen LogP contribution < -0.4 is 11.2 Å². The van der Waals surface area contributed by atoms with Crippen molar-refractivity contribution in [1.29, 1.82) is 0 Å². The molecule has 1 N–H and O–H groups in total. The van der Waals surface area contributed by atoms with Gasteiger partial charge >= 0.3 is 28.8 Å². The van der Waals surface area contributed by atoms with Crippen LogP contribution >= 0.6 is 0 Å². The van der Waals surface area contributed by atoms with Crippen molar-refractivity contribution < 1.29 is 27.2 Å². The van der Waals surface area contributed by atoms with E-state index in [4.69, 9.17) is 22.4 Å². The smallest absolute Gasteiger partial charge is 0.343 e. The third kappa shape index (κ3) is 5.42. The van der Waals surface area contributed by atoms with Crippen molar-refractivity contribution in [2.45, 2.75) is 89.8 Å². The normalized spacial score (nSPS) is 22.3. The highest BCUT2D eigenvalue weighted by Crippen LogP contribution is 2.48. The Balaban J connectivity index is 1.89. The maximum absolute atomic E-state index is 13.3. The molecule has 0 amide bonds. The molecule has 4 rings (SSSR count). The lowest BCUT2D eigenvalue weighted by molar-refractivity contribution is -0.0173. The maximum Gasteiger partial charge on any atom is 0.343 e. The molecule has 2 aliphatic rings. The van der Waals surface area contributed by atoms with Crippen LogP contribution in [0.1, 0.15) is 65.7 Å². The van der Waals surface area contributed by atoms with Crippen molar-refractivity contribution in [1.82, 2.24) is 9.55 Å². The van der Waals surface area contributed by atoms with Crippen molar-refractivity contribution in [3.8, 4) is 0 Å². The highest BCUT2D eigenvalue weighted by molar-refractivity contribution is 6.84. The van der Waals surface area contributed by atoms with Gasteiger partial charge in [0.05, 0.1) is 12.2 Å². The molecular formula is C28H40N2O8Si2. The molecule has 3 heterocycles. The summed E-state index contributed by atoms with van der Waals surface area (Å²) in [7, 11) is -5.96. The van der Waals surface area contributed by atoms with E-state index >= 15 is 0 Å². The van der Waals surface area contributed by atoms with E-state index < -0.39 is 46.5 Å². The number of ether oxygens (including phenoxy) is 2. The summed E-state index contributed by atoms with van der Waals surface area (Å²) in [6.45, 7) is 17.0. The zero-order valence-corrected chi connectivity index (χ0v) is 26.4. The first-order chi connectivity index (χ1) is 18.8. The van der Waals surface area contributed by atoms with E-state index in [1.54, 1.807) is 30.3 Å². The molecule has 2 aromatic rings. The van der Waals surface area contributed by atoms with Gasteiger partial charge in [-0.25, -0.2) is 14.2 Å². The first-order valence-electron chi connectivity index (χ1n) is 13.8. The fourth-order valence-electron chi connectivity index (χ4n) is 5.52. The van der Waals surface area contributed by atoms with Crippen molar-refractivity contribution >= 4 is 29.0 Å². The number of H-pyrrole nitrogens is 1. The van der Waals surface area contributed by atoms with Gasteiger partial charge in [-0.05, 0) is 34.3 Å². The molecule has 218 valence electrons. The fraction of sp³-hybridized carbons (Fsp3) is 0.536. The van der Waals surface area contributed by atoms with Crippen LogP contribution in [-0.2, 0) is 22.4 Å². The summed E-state index contributed by atoms with van der Waals surface area (Å²) in [5.41, 5.74) is -0.669. The van der Waals surface area contributed by atoms with E-state index in [1.165, 1.54) is 12.3 Å². The van der Waals surface area contributed by atoms with Gasteiger partial charge in [-0.2, -0.15) is 0 Å². The number of fused-ring (bicyclic) bond motifs is 1. The number of carbonyl (C=O) groups is 1. The maximum atomic E-state index is 13.3. The largest absolute Gasteiger partial charge is 0.467 e. The highest BCUT2D eigenvalue weighted by Gasteiger charge is 2.61. The van der Waals surface area contributed by atoms with Crippen molar-refractivity contribution in [3.05, 3.63) is 74.8 Å². The number of aromatic amines is 1. The van der Waals surface area contributed by atoms with Crippen LogP contribution in [0.5, 0.6) is 0 Å². The van der Waals surface area contributed by atoms with Crippen LogP contribution in [0.2, 0.25) is 22.2 Å². The van der Waals surface area contributed by atoms with Crippen LogP contribution in [0.3, 0.4) is 0 Å². The number of nitrogens with one attached hydrogen (secondary N) is 1. The molecule has 0 saturated carbocycles. The molecule has 2 atom stereocenters. The Hall–Kier alpha value is -2.78. The Morgan fingerprint density at radius 1 is 0.925 bits per heavy atom. The summed E-state index contributed by atoms with van der Waals surface area (Å²) in [6.07, 6.45) is -0.311. The van der Waals surface area contributed by atoms with Crippen LogP contribution in [-0.4, -0.2) is 51.5 Å². The summed E-state index contributed by atoms with van der Waals surface area (Å²) >= 11 is 0. The lowest BCUT2D eigenvalue weighted by atomic mass is 10.2. The monoisotopic (exact) mass is 588 g/mol. The number of benzene rings is 1. The lowest BCUT2D eigenvalue weighted by Crippen LogP contribution is -2.65. The number of hydrogen-bond acceptors (Lipinski definition) is 8. The molecule has 0 radical (unpaired) electrons. The van der Waals surface area contributed by atoms with Gasteiger partial charge in [0.2, 0.25) is 5.88 Å². The van der Waals surface area contributed by atoms with Gasteiger partial charge < -0.3 is 22.4 Å². The molecule has 40 heavy (non-hydrogen) atoms. The Bertz CT molecular complexity index is 1350. The van der Waals surface area contributed by atoms with E-state index in [0.29, 0.717) is 5.56 Å². The van der Waals surface area contributed by atoms with Gasteiger partial charge in [0.15, 0.2) is 18.0 Å². The van der Waals surface area contributed by atoms with Gasteiger partial charge in [-0.15, -0.1) is 0 Å². The first kappa shape index (κ1) is 30.2. The number of esters is 1. The summed E-state index contributed by atoms with van der Waals surface area (Å²) in [5, 5.41) is 0. The predicted molar refractivity (Wildman–Crippen MR) is 155 cm³/mol. The van der Waals surface area contributed by atoms with Crippen molar-refractivity contribution in [2.24, 2.45) is 0 Å². The Morgan fingerprint density at radius 2 is 1.52 bits per heavy atom. The molecule has 1 aromatic carbocycles. The van der Waals surface area contributed by atoms with Gasteiger partial charge in [-0.1, -0.05) is 73.6 Å². The molecule has 1 saturated heterocycles. The lowest BCUT2D eigenvalue weighted by Gasteiger charge is -2.51. The zero-order valence-electron chi connectivity index (χ0n) is 24.4. The number of hydrogen-bond donors (Lipinski definition) is 1. The van der Waals surface area contributed by atoms with Gasteiger partial charge in [0.25, 0.3) is 5.56 Å². The van der Waals surface area contributed by atoms with E-state index in [1.807, 2.05) is 0 Å². The van der Waals surface area contributed by atoms with E-state index in [0.717, 1.165) is 4.57 Å². The average molecular weight is 589 g/mol. The molecule has 0 bridgehead atoms. The van der Waals surface area contributed by atoms with Gasteiger partial charge in [0, 0.05) is 12.3 Å². The third-order valence-corrected chi connectivity index (χ3v) is 17.9. The van der Waals surface area contributed by atoms with E-state index in [-0.39, 0.29) is 40.4 Å². The Labute approximate surface area is 236 Å². The van der Waals surface area contributed by atoms with Crippen LogP contribution in [0.25, 0.3) is 5.88 Å². The number of nitrogens with zero attached hydrogens (tertiary/aromatic N) is 1. The molecule has 0 aliphatic carbocycles. The molecule has 0 unspecified atom stereocenters. The molecule has 2 aliphatic heterocycles. The summed E-state index contributed by atoms with van der Waals surface area (Å²) in [6, 6.07) is 9.74. The van der Waals surface area contributed by atoms with Crippen LogP contribution in [0, 0.1) is 0 Å². The van der Waals surface area contributed by atoms with Crippen LogP contribution in [0.15, 0.2) is 57.9 Å². The third-order valence-electron chi connectivity index (χ3n) is 7.65. The van der Waals surface area contributed by atoms with Crippen LogP contribution in [0.4, 0.5) is 0 Å². The molecule has 10 nitrogen and oxygen atoms in total. The van der Waals surface area contributed by atoms with Crippen molar-refractivity contribution in [3.63, 3.8) is 0 Å². The number of rotatable bonds is 7. The van der Waals surface area contributed by atoms with E-state index in [9.17, 15) is 14.4 Å². The molecular weight excluding hydrogens is 548 g/mol. The summed E-state index contributed by atoms with van der Waals surface area (Å²) < 4.78 is 34.5. The van der Waals surface area contributed by atoms with Crippen molar-refractivity contribution in [2.75, 3.05) is 6.61 Å². The topological polar surface area (TPSA) is 118 Å². The standard InChI is InChI=1S/C28H40N2O8Si2/c1-17(2)39(18(3)4)34-16-22-24(37-40(38-39,19(5)6)20(7)8)25(36-27(32)21-12-10-9-11-13-21)26(35-22)30-15-14-23(31)29-28(30)33/h9-15,17-20,22,24H,16H2,1-8H3,(H,29,31,33)/t22-,24-/m1/s1. The average Bonchev–Trinajstić information content (AvgIpc) is 3.19. The highest BCUT2D eigenvalue weighted by atomic mass is 28.5.